The van der Waals surface area contributed by atoms with Gasteiger partial charge in [0, 0.05) is 30.6 Å². The fourth-order valence-electron chi connectivity index (χ4n) is 3.58. The number of fused-ring (bicyclic) bond motifs is 1. The molecule has 1 amide bonds. The van der Waals surface area contributed by atoms with E-state index < -0.39 is 0 Å². The predicted octanol–water partition coefficient (Wildman–Crippen LogP) is 4.98. The number of aromatic nitrogens is 3. The summed E-state index contributed by atoms with van der Waals surface area (Å²) in [6, 6.07) is 11.4. The summed E-state index contributed by atoms with van der Waals surface area (Å²) in [5.41, 5.74) is 5.16. The van der Waals surface area contributed by atoms with Crippen molar-refractivity contribution in [2.24, 2.45) is 0 Å². The molecule has 7 nitrogen and oxygen atoms in total. The van der Waals surface area contributed by atoms with Crippen LogP contribution < -0.4 is 9.47 Å². The van der Waals surface area contributed by atoms with Crippen LogP contribution in [0.1, 0.15) is 0 Å². The van der Waals surface area contributed by atoms with Gasteiger partial charge in [0.15, 0.2) is 0 Å². The minimum absolute atomic E-state index is 0.161. The third-order valence-electron chi connectivity index (χ3n) is 5.28. The van der Waals surface area contributed by atoms with E-state index >= 15 is 0 Å². The van der Waals surface area contributed by atoms with Crippen LogP contribution in [-0.2, 0) is 4.79 Å². The predicted molar refractivity (Wildman–Crippen MR) is 130 cm³/mol. The first-order valence-corrected chi connectivity index (χ1v) is 10.7. The molecular formula is C25H23ClN4O3. The van der Waals surface area contributed by atoms with Crippen molar-refractivity contribution in [1.82, 2.24) is 19.9 Å². The second-order valence-corrected chi connectivity index (χ2v) is 7.72. The summed E-state index contributed by atoms with van der Waals surface area (Å²) in [5, 5.41) is 0.529. The molecule has 0 saturated heterocycles. The van der Waals surface area contributed by atoms with Gasteiger partial charge in [-0.2, -0.15) is 0 Å². The molecule has 0 saturated carbocycles. The van der Waals surface area contributed by atoms with Gasteiger partial charge in [-0.15, -0.1) is 0 Å². The first-order valence-electron chi connectivity index (χ1n) is 10.3. The van der Waals surface area contributed by atoms with Crippen LogP contribution in [0, 0.1) is 0 Å². The van der Waals surface area contributed by atoms with Crippen molar-refractivity contribution in [3.63, 3.8) is 0 Å². The Hall–Kier alpha value is -3.84. The van der Waals surface area contributed by atoms with Gasteiger partial charge in [0.1, 0.15) is 18.1 Å². The van der Waals surface area contributed by atoms with Crippen molar-refractivity contribution in [3.8, 4) is 33.9 Å². The summed E-state index contributed by atoms with van der Waals surface area (Å²) < 4.78 is 11.5. The molecule has 0 aliphatic heterocycles. The maximum absolute atomic E-state index is 11.7. The maximum Gasteiger partial charge on any atom is 0.245 e. The van der Waals surface area contributed by atoms with E-state index in [9.17, 15) is 4.79 Å². The van der Waals surface area contributed by atoms with Crippen LogP contribution in [0.5, 0.6) is 11.5 Å². The highest BCUT2D eigenvalue weighted by atomic mass is 35.5. The smallest absolute Gasteiger partial charge is 0.245 e. The zero-order chi connectivity index (χ0) is 23.4. The fourth-order valence-corrected chi connectivity index (χ4v) is 3.77. The number of hydrogen-bond donors (Lipinski definition) is 1. The summed E-state index contributed by atoms with van der Waals surface area (Å²) in [4.78, 5) is 25.6. The highest BCUT2D eigenvalue weighted by Crippen LogP contribution is 2.42. The molecule has 0 spiro atoms. The largest absolute Gasteiger partial charge is 0.495 e. The zero-order valence-corrected chi connectivity index (χ0v) is 19.1. The lowest BCUT2D eigenvalue weighted by atomic mass is 10.0. The standard InChI is InChI=1S/C25H23ClN4O3/c1-4-22(31)30(2)12-13-33-21-15-27-11-9-17(21)24-23(25-19(29-24)6-5-10-28-25)16-7-8-18(26)20(14-16)32-3/h4-11,14-15,29H,1,12-13H2,2-3H3. The van der Waals surface area contributed by atoms with Gasteiger partial charge in [-0.05, 0) is 42.0 Å². The molecule has 0 unspecified atom stereocenters. The van der Waals surface area contributed by atoms with Crippen molar-refractivity contribution >= 4 is 28.5 Å². The minimum Gasteiger partial charge on any atom is -0.495 e. The summed E-state index contributed by atoms with van der Waals surface area (Å²) >= 11 is 6.26. The third kappa shape index (κ3) is 4.54. The Balaban J connectivity index is 1.78. The van der Waals surface area contributed by atoms with Gasteiger partial charge in [0.25, 0.3) is 0 Å². The minimum atomic E-state index is -0.161. The number of rotatable bonds is 8. The van der Waals surface area contributed by atoms with E-state index in [1.807, 2.05) is 30.3 Å². The van der Waals surface area contributed by atoms with Gasteiger partial charge in [-0.1, -0.05) is 24.2 Å². The van der Waals surface area contributed by atoms with E-state index in [2.05, 4.69) is 21.5 Å². The molecule has 1 aromatic carbocycles. The van der Waals surface area contributed by atoms with E-state index in [0.29, 0.717) is 29.7 Å². The lowest BCUT2D eigenvalue weighted by molar-refractivity contribution is -0.125. The molecule has 8 heteroatoms. The fraction of sp³-hybridized carbons (Fsp3) is 0.160. The second-order valence-electron chi connectivity index (χ2n) is 7.31. The molecule has 3 aromatic heterocycles. The Kier molecular flexibility index (Phi) is 6.60. The molecule has 0 bridgehead atoms. The molecule has 4 rings (SSSR count). The number of halogens is 1. The molecule has 0 aliphatic rings. The number of benzene rings is 1. The van der Waals surface area contributed by atoms with Crippen molar-refractivity contribution in [2.75, 3.05) is 27.3 Å². The molecule has 1 N–H and O–H groups in total. The first-order chi connectivity index (χ1) is 16.0. The average Bonchev–Trinajstić information content (AvgIpc) is 3.23. The lowest BCUT2D eigenvalue weighted by Crippen LogP contribution is -2.29. The number of amides is 1. The monoisotopic (exact) mass is 462 g/mol. The van der Waals surface area contributed by atoms with Gasteiger partial charge in [-0.25, -0.2) is 0 Å². The number of carbonyl (C=O) groups is 1. The van der Waals surface area contributed by atoms with Crippen LogP contribution in [0.15, 0.2) is 67.6 Å². The highest BCUT2D eigenvalue weighted by molar-refractivity contribution is 6.32. The second kappa shape index (κ2) is 9.75. The molecule has 4 aromatic rings. The summed E-state index contributed by atoms with van der Waals surface area (Å²) in [6.07, 6.45) is 6.41. The lowest BCUT2D eigenvalue weighted by Gasteiger charge is -2.17. The topological polar surface area (TPSA) is 80.3 Å². The number of nitrogens with zero attached hydrogens (tertiary/aromatic N) is 3. The molecule has 33 heavy (non-hydrogen) atoms. The molecule has 0 fully saturated rings. The zero-order valence-electron chi connectivity index (χ0n) is 18.3. The van der Waals surface area contributed by atoms with Gasteiger partial charge in [0.2, 0.25) is 5.91 Å². The van der Waals surface area contributed by atoms with Crippen LogP contribution in [0.25, 0.3) is 33.4 Å². The van der Waals surface area contributed by atoms with Crippen LogP contribution in [0.3, 0.4) is 0 Å². The number of nitrogens with one attached hydrogen (secondary N) is 1. The molecule has 168 valence electrons. The Morgan fingerprint density at radius 1 is 1.24 bits per heavy atom. The van der Waals surface area contributed by atoms with Crippen LogP contribution in [-0.4, -0.2) is 53.1 Å². The average molecular weight is 463 g/mol. The number of H-pyrrole nitrogens is 1. The number of methoxy groups -OCH3 is 1. The van der Waals surface area contributed by atoms with Gasteiger partial charge >= 0.3 is 0 Å². The van der Waals surface area contributed by atoms with Crippen molar-refractivity contribution in [2.45, 2.75) is 0 Å². The summed E-state index contributed by atoms with van der Waals surface area (Å²) in [7, 11) is 3.29. The number of ether oxygens (including phenoxy) is 2. The Bertz CT molecular complexity index is 1320. The molecule has 0 atom stereocenters. The van der Waals surface area contributed by atoms with Crippen LogP contribution >= 0.6 is 11.6 Å². The van der Waals surface area contributed by atoms with E-state index in [-0.39, 0.29) is 5.91 Å². The van der Waals surface area contributed by atoms with Gasteiger partial charge < -0.3 is 19.4 Å². The maximum atomic E-state index is 11.7. The summed E-state index contributed by atoms with van der Waals surface area (Å²) in [5.74, 6) is 1.00. The van der Waals surface area contributed by atoms with E-state index in [1.54, 1.807) is 43.7 Å². The van der Waals surface area contributed by atoms with Crippen molar-refractivity contribution < 1.29 is 14.3 Å². The van der Waals surface area contributed by atoms with Crippen molar-refractivity contribution in [3.05, 3.63) is 72.7 Å². The number of carbonyl (C=O) groups excluding carboxylic acids is 1. The SMILES string of the molecule is C=CC(=O)N(C)CCOc1cnccc1-c1[nH]c2cccnc2c1-c1ccc(Cl)c(OC)c1. The number of aromatic amines is 1. The van der Waals surface area contributed by atoms with Crippen LogP contribution in [0.2, 0.25) is 5.02 Å². The van der Waals surface area contributed by atoms with E-state index in [4.69, 9.17) is 21.1 Å². The molecule has 0 radical (unpaired) electrons. The van der Waals surface area contributed by atoms with E-state index in [1.165, 1.54) is 6.08 Å². The van der Waals surface area contributed by atoms with Crippen molar-refractivity contribution in [1.29, 1.82) is 0 Å². The first kappa shape index (κ1) is 22.4. The molecule has 0 aliphatic carbocycles. The Morgan fingerprint density at radius 3 is 2.88 bits per heavy atom. The third-order valence-corrected chi connectivity index (χ3v) is 5.60. The number of pyridine rings is 2. The van der Waals surface area contributed by atoms with Crippen LogP contribution in [0.4, 0.5) is 0 Å². The number of hydrogen-bond acceptors (Lipinski definition) is 5. The quantitative estimate of drug-likeness (QED) is 0.374. The number of likely N-dealkylation sites (N-methyl/N-ethyl adjacent to an activating group) is 1. The Labute approximate surface area is 196 Å². The molecular weight excluding hydrogens is 440 g/mol. The van der Waals surface area contributed by atoms with Gasteiger partial charge in [0.05, 0.1) is 41.6 Å². The normalized spacial score (nSPS) is 10.8. The van der Waals surface area contributed by atoms with Gasteiger partial charge in [-0.3, -0.25) is 14.8 Å². The summed E-state index contributed by atoms with van der Waals surface area (Å²) in [6.45, 7) is 4.22. The Morgan fingerprint density at radius 2 is 2.09 bits per heavy atom. The molecule has 3 heterocycles. The van der Waals surface area contributed by atoms with E-state index in [0.717, 1.165) is 33.4 Å². The highest BCUT2D eigenvalue weighted by Gasteiger charge is 2.20.